The van der Waals surface area contributed by atoms with Crippen LogP contribution in [0, 0.1) is 6.92 Å². The molecule has 2 aromatic rings. The van der Waals surface area contributed by atoms with E-state index in [1.165, 1.54) is 4.90 Å². The van der Waals surface area contributed by atoms with Gasteiger partial charge in [-0.25, -0.2) is 0 Å². The molecule has 0 bridgehead atoms. The quantitative estimate of drug-likeness (QED) is 0.778. The number of carbonyl (C=O) groups excluding carboxylic acids is 3. The molecule has 146 valence electrons. The first kappa shape index (κ1) is 19.7. The van der Waals surface area contributed by atoms with Crippen molar-refractivity contribution in [1.82, 2.24) is 5.32 Å². The van der Waals surface area contributed by atoms with E-state index in [2.05, 4.69) is 10.6 Å². The number of hydrogen-bond donors (Lipinski definition) is 2. The van der Waals surface area contributed by atoms with Crippen molar-refractivity contribution < 1.29 is 19.1 Å². The number of fused-ring (bicyclic) bond motifs is 1. The number of halogens is 1. The summed E-state index contributed by atoms with van der Waals surface area (Å²) in [6, 6.07) is 12.4. The van der Waals surface area contributed by atoms with E-state index in [0.717, 1.165) is 5.56 Å². The van der Waals surface area contributed by atoms with E-state index < -0.39 is 0 Å². The summed E-state index contributed by atoms with van der Waals surface area (Å²) in [5.41, 5.74) is 2.11. The Morgan fingerprint density at radius 1 is 1.18 bits per heavy atom. The topological polar surface area (TPSA) is 87.7 Å². The van der Waals surface area contributed by atoms with Crippen molar-refractivity contribution >= 4 is 40.7 Å². The van der Waals surface area contributed by atoms with Crippen molar-refractivity contribution in [1.29, 1.82) is 0 Å². The smallest absolute Gasteiger partial charge is 0.265 e. The average molecular weight is 402 g/mol. The van der Waals surface area contributed by atoms with Gasteiger partial charge in [0, 0.05) is 13.0 Å². The summed E-state index contributed by atoms with van der Waals surface area (Å²) in [7, 11) is 0. The SMILES string of the molecule is Cc1ccc(NC(=O)CNC(=O)CCN2C(=O)COc3ccccc32)c(Cl)c1. The van der Waals surface area contributed by atoms with E-state index in [0.29, 0.717) is 22.1 Å². The number of hydrogen-bond acceptors (Lipinski definition) is 4. The molecule has 2 aromatic carbocycles. The van der Waals surface area contributed by atoms with E-state index >= 15 is 0 Å². The lowest BCUT2D eigenvalue weighted by Crippen LogP contribution is -2.41. The zero-order valence-corrected chi connectivity index (χ0v) is 16.1. The number of carbonyl (C=O) groups is 3. The van der Waals surface area contributed by atoms with Gasteiger partial charge in [0.1, 0.15) is 5.75 Å². The van der Waals surface area contributed by atoms with Crippen molar-refractivity contribution in [3.63, 3.8) is 0 Å². The van der Waals surface area contributed by atoms with Crippen LogP contribution in [0.5, 0.6) is 5.75 Å². The second-order valence-electron chi connectivity index (χ2n) is 6.36. The van der Waals surface area contributed by atoms with Crippen LogP contribution in [0.4, 0.5) is 11.4 Å². The summed E-state index contributed by atoms with van der Waals surface area (Å²) < 4.78 is 5.37. The van der Waals surface area contributed by atoms with Crippen molar-refractivity contribution in [3.8, 4) is 5.75 Å². The lowest BCUT2D eigenvalue weighted by Gasteiger charge is -2.29. The summed E-state index contributed by atoms with van der Waals surface area (Å²) in [4.78, 5) is 37.7. The second-order valence-corrected chi connectivity index (χ2v) is 6.77. The minimum Gasteiger partial charge on any atom is -0.482 e. The molecule has 0 radical (unpaired) electrons. The minimum absolute atomic E-state index is 0.0572. The van der Waals surface area contributed by atoms with Crippen LogP contribution in [-0.4, -0.2) is 37.4 Å². The Hall–Kier alpha value is -3.06. The van der Waals surface area contributed by atoms with Gasteiger partial charge in [-0.2, -0.15) is 0 Å². The molecule has 0 unspecified atom stereocenters. The van der Waals surface area contributed by atoms with Crippen LogP contribution in [0.25, 0.3) is 0 Å². The maximum absolute atomic E-state index is 12.1. The molecule has 2 N–H and O–H groups in total. The molecule has 28 heavy (non-hydrogen) atoms. The number of nitrogens with zero attached hydrogens (tertiary/aromatic N) is 1. The van der Waals surface area contributed by atoms with Gasteiger partial charge in [-0.05, 0) is 36.8 Å². The Bertz CT molecular complexity index is 916. The van der Waals surface area contributed by atoms with Gasteiger partial charge in [0.15, 0.2) is 6.61 Å². The highest BCUT2D eigenvalue weighted by Gasteiger charge is 2.25. The fraction of sp³-hybridized carbons (Fsp3) is 0.250. The van der Waals surface area contributed by atoms with Crippen LogP contribution in [0.1, 0.15) is 12.0 Å². The first-order valence-electron chi connectivity index (χ1n) is 8.79. The van der Waals surface area contributed by atoms with Crippen molar-refractivity contribution in [2.45, 2.75) is 13.3 Å². The van der Waals surface area contributed by atoms with Gasteiger partial charge in [-0.1, -0.05) is 29.8 Å². The van der Waals surface area contributed by atoms with Crippen LogP contribution in [0.15, 0.2) is 42.5 Å². The molecule has 0 atom stereocenters. The summed E-state index contributed by atoms with van der Waals surface area (Å²) >= 11 is 6.08. The zero-order chi connectivity index (χ0) is 20.1. The molecular weight excluding hydrogens is 382 g/mol. The Balaban J connectivity index is 1.48. The fourth-order valence-corrected chi connectivity index (χ4v) is 3.08. The number of benzene rings is 2. The molecule has 0 saturated heterocycles. The molecule has 1 aliphatic heterocycles. The Labute approximate surface area is 167 Å². The van der Waals surface area contributed by atoms with Crippen LogP contribution in [-0.2, 0) is 14.4 Å². The number of para-hydroxylation sites is 2. The van der Waals surface area contributed by atoms with Gasteiger partial charge in [0.05, 0.1) is 22.9 Å². The molecule has 8 heteroatoms. The highest BCUT2D eigenvalue weighted by molar-refractivity contribution is 6.33. The maximum atomic E-state index is 12.1. The lowest BCUT2D eigenvalue weighted by atomic mass is 10.2. The number of nitrogens with one attached hydrogen (secondary N) is 2. The lowest BCUT2D eigenvalue weighted by molar-refractivity contribution is -0.124. The summed E-state index contributed by atoms with van der Waals surface area (Å²) in [6.07, 6.45) is 0.0681. The molecule has 0 aliphatic carbocycles. The molecule has 3 rings (SSSR count). The summed E-state index contributed by atoms with van der Waals surface area (Å²) in [5.74, 6) is -0.316. The molecule has 7 nitrogen and oxygen atoms in total. The van der Waals surface area contributed by atoms with Gasteiger partial charge in [0.25, 0.3) is 5.91 Å². The van der Waals surface area contributed by atoms with Gasteiger partial charge in [-0.3, -0.25) is 14.4 Å². The third-order valence-corrected chi connectivity index (χ3v) is 4.53. The highest BCUT2D eigenvalue weighted by Crippen LogP contribution is 2.31. The van der Waals surface area contributed by atoms with E-state index in [1.54, 1.807) is 30.3 Å². The molecule has 0 saturated carbocycles. The third-order valence-electron chi connectivity index (χ3n) is 4.22. The number of rotatable bonds is 6. The van der Waals surface area contributed by atoms with Gasteiger partial charge in [-0.15, -0.1) is 0 Å². The van der Waals surface area contributed by atoms with E-state index in [-0.39, 0.29) is 43.8 Å². The predicted octanol–water partition coefficient (Wildman–Crippen LogP) is 2.52. The zero-order valence-electron chi connectivity index (χ0n) is 15.3. The monoisotopic (exact) mass is 401 g/mol. The fourth-order valence-electron chi connectivity index (χ4n) is 2.80. The van der Waals surface area contributed by atoms with Gasteiger partial charge >= 0.3 is 0 Å². The highest BCUT2D eigenvalue weighted by atomic mass is 35.5. The standard InChI is InChI=1S/C20H20ClN3O4/c1-13-6-7-15(14(21)10-13)23-19(26)11-22-18(25)8-9-24-16-4-2-3-5-17(16)28-12-20(24)27/h2-7,10H,8-9,11-12H2,1H3,(H,22,25)(H,23,26). The van der Waals surface area contributed by atoms with Crippen LogP contribution < -0.4 is 20.3 Å². The third kappa shape index (κ3) is 4.80. The van der Waals surface area contributed by atoms with Crippen LogP contribution in [0.2, 0.25) is 5.02 Å². The van der Waals surface area contributed by atoms with Crippen molar-refractivity contribution in [2.75, 3.05) is 29.9 Å². The number of amides is 3. The minimum atomic E-state index is -0.383. The van der Waals surface area contributed by atoms with Crippen molar-refractivity contribution in [3.05, 3.63) is 53.1 Å². The molecule has 1 aliphatic rings. The van der Waals surface area contributed by atoms with E-state index in [1.807, 2.05) is 19.1 Å². The van der Waals surface area contributed by atoms with Crippen LogP contribution in [0.3, 0.4) is 0 Å². The Kier molecular flexibility index (Phi) is 6.16. The molecule has 3 amide bonds. The number of aryl methyl sites for hydroxylation is 1. The first-order valence-corrected chi connectivity index (χ1v) is 9.17. The maximum Gasteiger partial charge on any atom is 0.265 e. The van der Waals surface area contributed by atoms with Crippen LogP contribution >= 0.6 is 11.6 Å². The largest absolute Gasteiger partial charge is 0.482 e. The van der Waals surface area contributed by atoms with Crippen molar-refractivity contribution in [2.24, 2.45) is 0 Å². The summed E-state index contributed by atoms with van der Waals surface area (Å²) in [6.45, 7) is 1.86. The molecule has 0 spiro atoms. The Morgan fingerprint density at radius 3 is 2.75 bits per heavy atom. The average Bonchev–Trinajstić information content (AvgIpc) is 2.68. The molecule has 0 fully saturated rings. The first-order chi connectivity index (χ1) is 13.4. The Morgan fingerprint density at radius 2 is 1.96 bits per heavy atom. The van der Waals surface area contributed by atoms with Gasteiger partial charge < -0.3 is 20.3 Å². The second kappa shape index (κ2) is 8.75. The number of anilines is 2. The van der Waals surface area contributed by atoms with Gasteiger partial charge in [0.2, 0.25) is 11.8 Å². The normalized spacial score (nSPS) is 12.8. The number of ether oxygens (including phenoxy) is 1. The van der Waals surface area contributed by atoms with E-state index in [4.69, 9.17) is 16.3 Å². The molecular formula is C20H20ClN3O4. The predicted molar refractivity (Wildman–Crippen MR) is 107 cm³/mol. The summed E-state index contributed by atoms with van der Waals surface area (Å²) in [5, 5.41) is 5.63. The molecule has 0 aromatic heterocycles. The van der Waals surface area contributed by atoms with E-state index in [9.17, 15) is 14.4 Å². The molecule has 1 heterocycles.